The van der Waals surface area contributed by atoms with Crippen molar-refractivity contribution in [1.29, 1.82) is 0 Å². The van der Waals surface area contributed by atoms with Gasteiger partial charge in [0.25, 0.3) is 0 Å². The maximum atomic E-state index is 11.5. The highest BCUT2D eigenvalue weighted by atomic mass is 31.2. The minimum absolute atomic E-state index is 0.0266. The van der Waals surface area contributed by atoms with Crippen LogP contribution in [0.5, 0.6) is 0 Å². The summed E-state index contributed by atoms with van der Waals surface area (Å²) in [6, 6.07) is 0. The van der Waals surface area contributed by atoms with Crippen LogP contribution < -0.4 is 5.32 Å². The highest BCUT2D eigenvalue weighted by molar-refractivity contribution is 7.46. The predicted molar refractivity (Wildman–Crippen MR) is 63.4 cm³/mol. The number of phosphoric ester groups is 1. The third-order valence-electron chi connectivity index (χ3n) is 2.43. The fourth-order valence-electron chi connectivity index (χ4n) is 1.12. The van der Waals surface area contributed by atoms with Crippen molar-refractivity contribution < 1.29 is 43.5 Å². The van der Waals surface area contributed by atoms with Crippen LogP contribution in [0.3, 0.4) is 0 Å². The first-order chi connectivity index (χ1) is 9.04. The number of carboxylic acid groups (broad SMARTS) is 1. The van der Waals surface area contributed by atoms with Crippen LogP contribution in [-0.2, 0) is 23.5 Å². The number of aldehydes is 1. The van der Waals surface area contributed by atoms with E-state index in [0.29, 0.717) is 6.29 Å². The van der Waals surface area contributed by atoms with E-state index in [9.17, 15) is 24.1 Å². The number of carbonyl (C=O) groups excluding carboxylic acids is 2. The molecule has 116 valence electrons. The smallest absolute Gasteiger partial charge is 0.469 e. The quantitative estimate of drug-likeness (QED) is 0.188. The molecule has 0 aliphatic carbocycles. The number of hydrogen-bond donors (Lipinski definition) is 5. The molecule has 0 aliphatic rings. The number of phosphoric acid groups is 1. The second-order valence-electron chi connectivity index (χ2n) is 4.14. The first-order valence-electron chi connectivity index (χ1n) is 5.37. The van der Waals surface area contributed by atoms with Gasteiger partial charge in [0.05, 0.1) is 6.61 Å². The number of hydrogen-bond acceptors (Lipinski definition) is 6. The van der Waals surface area contributed by atoms with Crippen LogP contribution in [0.2, 0.25) is 0 Å². The molecule has 0 bridgehead atoms. The van der Waals surface area contributed by atoms with Crippen molar-refractivity contribution in [2.45, 2.75) is 19.4 Å². The Balaban J connectivity index is 4.87. The molecule has 0 aromatic carbocycles. The van der Waals surface area contributed by atoms with Gasteiger partial charge in [-0.25, -0.2) is 4.57 Å². The van der Waals surface area contributed by atoms with E-state index in [1.807, 2.05) is 0 Å². The van der Waals surface area contributed by atoms with Gasteiger partial charge in [-0.3, -0.25) is 14.1 Å². The van der Waals surface area contributed by atoms with E-state index in [0.717, 1.165) is 6.92 Å². The van der Waals surface area contributed by atoms with Crippen LogP contribution in [0.25, 0.3) is 0 Å². The van der Waals surface area contributed by atoms with E-state index in [-0.39, 0.29) is 13.0 Å². The lowest BCUT2D eigenvalue weighted by atomic mass is 9.84. The second-order valence-corrected chi connectivity index (χ2v) is 5.37. The van der Waals surface area contributed by atoms with Crippen molar-refractivity contribution in [3.63, 3.8) is 0 Å². The van der Waals surface area contributed by atoms with Crippen molar-refractivity contribution in [3.8, 4) is 0 Å². The number of aliphatic hydroxyl groups excluding tert-OH is 1. The van der Waals surface area contributed by atoms with E-state index in [2.05, 4.69) is 9.84 Å². The fourth-order valence-corrected chi connectivity index (χ4v) is 1.55. The van der Waals surface area contributed by atoms with Crippen molar-refractivity contribution in [2.24, 2.45) is 5.41 Å². The van der Waals surface area contributed by atoms with E-state index in [1.54, 1.807) is 0 Å². The van der Waals surface area contributed by atoms with Gasteiger partial charge in [-0.2, -0.15) is 0 Å². The summed E-state index contributed by atoms with van der Waals surface area (Å²) in [6.45, 7) is -0.279. The maximum absolute atomic E-state index is 11.5. The Morgan fingerprint density at radius 3 is 2.40 bits per heavy atom. The number of rotatable bonds is 9. The molecule has 0 aromatic heterocycles. The van der Waals surface area contributed by atoms with Gasteiger partial charge in [-0.15, -0.1) is 0 Å². The van der Waals surface area contributed by atoms with Crippen LogP contribution in [0.1, 0.15) is 13.3 Å². The molecule has 0 saturated carbocycles. The first kappa shape index (κ1) is 18.7. The lowest BCUT2D eigenvalue weighted by Crippen LogP contribution is -2.51. The van der Waals surface area contributed by atoms with Gasteiger partial charge < -0.3 is 30.1 Å². The van der Waals surface area contributed by atoms with Crippen LogP contribution in [-0.4, -0.2) is 57.4 Å². The molecule has 2 atom stereocenters. The zero-order valence-corrected chi connectivity index (χ0v) is 11.4. The number of aliphatic hydroxyl groups is 1. The summed E-state index contributed by atoms with van der Waals surface area (Å²) in [5.41, 5.74) is -2.26. The third-order valence-corrected chi connectivity index (χ3v) is 2.90. The molecule has 0 radical (unpaired) electrons. The zero-order chi connectivity index (χ0) is 16.0. The SMILES string of the molecule is CC(COP(=O)(O)O)(C(=O)O)C(O)C(=O)NCCC=O. The van der Waals surface area contributed by atoms with Crippen molar-refractivity contribution in [3.05, 3.63) is 0 Å². The average Bonchev–Trinajstić information content (AvgIpc) is 2.34. The number of nitrogens with one attached hydrogen (secondary N) is 1. The topological polar surface area (TPSA) is 170 Å². The van der Waals surface area contributed by atoms with Crippen molar-refractivity contribution in [1.82, 2.24) is 5.32 Å². The van der Waals surface area contributed by atoms with Gasteiger partial charge in [0.2, 0.25) is 5.91 Å². The van der Waals surface area contributed by atoms with Gasteiger partial charge in [0.1, 0.15) is 11.7 Å². The molecular weight excluding hydrogens is 297 g/mol. The number of carboxylic acids is 1. The highest BCUT2D eigenvalue weighted by Gasteiger charge is 2.46. The fraction of sp³-hybridized carbons (Fsp3) is 0.667. The maximum Gasteiger partial charge on any atom is 0.469 e. The van der Waals surface area contributed by atoms with E-state index < -0.39 is 37.8 Å². The molecule has 0 aromatic rings. The highest BCUT2D eigenvalue weighted by Crippen LogP contribution is 2.39. The Hall–Kier alpha value is -1.32. The summed E-state index contributed by atoms with van der Waals surface area (Å²) in [6.07, 6.45) is -1.63. The molecule has 2 unspecified atom stereocenters. The van der Waals surface area contributed by atoms with Crippen LogP contribution in [0.15, 0.2) is 0 Å². The summed E-state index contributed by atoms with van der Waals surface area (Å²) < 4.78 is 14.6. The Kier molecular flexibility index (Phi) is 6.97. The Labute approximate surface area is 114 Å². The van der Waals surface area contributed by atoms with E-state index >= 15 is 0 Å². The molecule has 20 heavy (non-hydrogen) atoms. The molecule has 0 spiro atoms. The molecule has 0 heterocycles. The monoisotopic (exact) mass is 313 g/mol. The summed E-state index contributed by atoms with van der Waals surface area (Å²) in [5.74, 6) is -2.77. The lowest BCUT2D eigenvalue weighted by Gasteiger charge is -2.28. The third kappa shape index (κ3) is 5.76. The molecule has 11 heteroatoms. The van der Waals surface area contributed by atoms with Gasteiger partial charge in [-0.05, 0) is 6.92 Å². The van der Waals surface area contributed by atoms with Crippen molar-refractivity contribution in [2.75, 3.05) is 13.2 Å². The van der Waals surface area contributed by atoms with Gasteiger partial charge in [-0.1, -0.05) is 0 Å². The van der Waals surface area contributed by atoms with Crippen LogP contribution >= 0.6 is 7.82 Å². The molecule has 1 amide bonds. The van der Waals surface area contributed by atoms with Crippen LogP contribution in [0.4, 0.5) is 0 Å². The average molecular weight is 313 g/mol. The minimum atomic E-state index is -4.95. The summed E-state index contributed by atoms with van der Waals surface area (Å²) in [7, 11) is -4.95. The minimum Gasteiger partial charge on any atom is -0.481 e. The Morgan fingerprint density at radius 2 is 2.00 bits per heavy atom. The van der Waals surface area contributed by atoms with Gasteiger partial charge in [0.15, 0.2) is 6.10 Å². The molecule has 10 nitrogen and oxygen atoms in total. The molecule has 0 rings (SSSR count). The molecule has 0 aliphatic heterocycles. The van der Waals surface area contributed by atoms with E-state index in [4.69, 9.17) is 14.9 Å². The number of aliphatic carboxylic acids is 1. The van der Waals surface area contributed by atoms with Gasteiger partial charge >= 0.3 is 13.8 Å². The molecular formula is C9H16NO9P. The zero-order valence-electron chi connectivity index (χ0n) is 10.6. The number of amides is 1. The summed E-state index contributed by atoms with van der Waals surface area (Å²) in [4.78, 5) is 49.7. The largest absolute Gasteiger partial charge is 0.481 e. The lowest BCUT2D eigenvalue weighted by molar-refractivity contribution is -0.163. The molecule has 5 N–H and O–H groups in total. The first-order valence-corrected chi connectivity index (χ1v) is 6.90. The van der Waals surface area contributed by atoms with Gasteiger partial charge in [0, 0.05) is 13.0 Å². The Morgan fingerprint density at radius 1 is 1.45 bits per heavy atom. The molecule has 0 fully saturated rings. The second kappa shape index (κ2) is 7.46. The Bertz CT molecular complexity index is 420. The predicted octanol–water partition coefficient (Wildman–Crippen LogP) is -1.75. The summed E-state index contributed by atoms with van der Waals surface area (Å²) >= 11 is 0. The van der Waals surface area contributed by atoms with Crippen LogP contribution in [0, 0.1) is 5.41 Å². The normalized spacial score (nSPS) is 16.0. The standard InChI is InChI=1S/C9H16NO9P/c1-9(8(14)15,5-19-20(16,17)18)6(12)7(13)10-3-2-4-11/h4,6,12H,2-3,5H2,1H3,(H,10,13)(H,14,15)(H2,16,17,18). The van der Waals surface area contributed by atoms with Crippen molar-refractivity contribution >= 4 is 26.0 Å². The van der Waals surface area contributed by atoms with E-state index in [1.165, 1.54) is 0 Å². The molecule has 0 saturated heterocycles. The summed E-state index contributed by atoms with van der Waals surface area (Å²) in [5, 5.41) is 20.8. The number of carbonyl (C=O) groups is 3.